The molecule has 0 radical (unpaired) electrons. The van der Waals surface area contributed by atoms with Crippen LogP contribution in [0.15, 0.2) is 65.7 Å². The van der Waals surface area contributed by atoms with Crippen molar-refractivity contribution in [2.75, 3.05) is 12.8 Å². The summed E-state index contributed by atoms with van der Waals surface area (Å²) in [5.41, 5.74) is 4.80. The molecule has 0 aliphatic carbocycles. The van der Waals surface area contributed by atoms with E-state index >= 15 is 0 Å². The van der Waals surface area contributed by atoms with Crippen molar-refractivity contribution in [3.05, 3.63) is 88.7 Å². The highest BCUT2D eigenvalue weighted by molar-refractivity contribution is 7.98. The van der Waals surface area contributed by atoms with Crippen LogP contribution in [-0.4, -0.2) is 40.6 Å². The number of pyridine rings is 1. The number of para-hydroxylation sites is 1. The number of fused-ring (bicyclic) bond motifs is 1. The maximum atomic E-state index is 13.0. The van der Waals surface area contributed by atoms with E-state index in [2.05, 4.69) is 10.3 Å². The molecule has 3 aromatic rings. The lowest BCUT2D eigenvalue weighted by Crippen LogP contribution is -2.43. The topological polar surface area (TPSA) is 71.5 Å². The Morgan fingerprint density at radius 2 is 1.88 bits per heavy atom. The fourth-order valence-electron chi connectivity index (χ4n) is 4.25. The molecule has 0 saturated heterocycles. The molecule has 1 N–H and O–H groups in total. The van der Waals surface area contributed by atoms with Gasteiger partial charge in [0.2, 0.25) is 0 Å². The van der Waals surface area contributed by atoms with Crippen LogP contribution in [0.2, 0.25) is 0 Å². The van der Waals surface area contributed by atoms with Crippen LogP contribution in [0.5, 0.6) is 5.75 Å². The number of hydrogen-bond acceptors (Lipinski definition) is 5. The zero-order chi connectivity index (χ0) is 24.1. The second-order valence-electron chi connectivity index (χ2n) is 8.29. The summed E-state index contributed by atoms with van der Waals surface area (Å²) in [6.45, 7) is 5.25. The number of amides is 2. The van der Waals surface area contributed by atoms with Gasteiger partial charge in [0.15, 0.2) is 6.10 Å². The molecule has 2 heterocycles. The van der Waals surface area contributed by atoms with Gasteiger partial charge in [-0.15, -0.1) is 11.8 Å². The van der Waals surface area contributed by atoms with E-state index in [-0.39, 0.29) is 11.8 Å². The standard InChI is InChI=1S/C27H29N3O3S/c1-18-24(16-29-26(31)23-11-7-8-12-25(23)34-3)22-13-14-30(17-20(22)15-28-18)27(32)19(2)33-21-9-5-4-6-10-21/h4-12,15,19H,13-14,16-17H2,1-3H3,(H,29,31). The summed E-state index contributed by atoms with van der Waals surface area (Å²) in [7, 11) is 0. The lowest BCUT2D eigenvalue weighted by atomic mass is 9.94. The first kappa shape index (κ1) is 23.8. The van der Waals surface area contributed by atoms with Crippen molar-refractivity contribution in [3.63, 3.8) is 0 Å². The number of rotatable bonds is 7. The van der Waals surface area contributed by atoms with Gasteiger partial charge in [-0.2, -0.15) is 0 Å². The van der Waals surface area contributed by atoms with Crippen LogP contribution in [0.1, 0.15) is 39.7 Å². The van der Waals surface area contributed by atoms with Gasteiger partial charge < -0.3 is 15.0 Å². The number of nitrogens with zero attached hydrogens (tertiary/aromatic N) is 2. The van der Waals surface area contributed by atoms with Gasteiger partial charge >= 0.3 is 0 Å². The van der Waals surface area contributed by atoms with Crippen LogP contribution in [0.25, 0.3) is 0 Å². The summed E-state index contributed by atoms with van der Waals surface area (Å²) >= 11 is 1.56. The number of nitrogens with one attached hydrogen (secondary N) is 1. The number of hydrogen-bond donors (Lipinski definition) is 1. The molecule has 6 nitrogen and oxygen atoms in total. The van der Waals surface area contributed by atoms with Gasteiger partial charge in [0.25, 0.3) is 11.8 Å². The Balaban J connectivity index is 1.45. The van der Waals surface area contributed by atoms with E-state index in [0.717, 1.165) is 28.1 Å². The quantitative estimate of drug-likeness (QED) is 0.513. The van der Waals surface area contributed by atoms with E-state index in [1.54, 1.807) is 18.7 Å². The Kier molecular flexibility index (Phi) is 7.53. The number of carbonyl (C=O) groups excluding carboxylic acids is 2. The highest BCUT2D eigenvalue weighted by Gasteiger charge is 2.28. The Morgan fingerprint density at radius 1 is 1.15 bits per heavy atom. The van der Waals surface area contributed by atoms with Crippen LogP contribution in [0.4, 0.5) is 0 Å². The summed E-state index contributed by atoms with van der Waals surface area (Å²) in [4.78, 5) is 33.2. The normalized spacial score (nSPS) is 13.7. The molecule has 4 rings (SSSR count). The third-order valence-electron chi connectivity index (χ3n) is 6.09. The predicted molar refractivity (Wildman–Crippen MR) is 134 cm³/mol. The van der Waals surface area contributed by atoms with Crippen molar-refractivity contribution < 1.29 is 14.3 Å². The summed E-state index contributed by atoms with van der Waals surface area (Å²) in [6, 6.07) is 17.0. The smallest absolute Gasteiger partial charge is 0.263 e. The molecule has 34 heavy (non-hydrogen) atoms. The first-order valence-corrected chi connectivity index (χ1v) is 12.6. The Bertz CT molecular complexity index is 1180. The third kappa shape index (κ3) is 5.25. The molecule has 1 aromatic heterocycles. The van der Waals surface area contributed by atoms with Crippen molar-refractivity contribution in [1.82, 2.24) is 15.2 Å². The largest absolute Gasteiger partial charge is 0.481 e. The van der Waals surface area contributed by atoms with Crippen molar-refractivity contribution in [3.8, 4) is 5.75 Å². The Morgan fingerprint density at radius 3 is 2.65 bits per heavy atom. The molecule has 176 valence electrons. The second kappa shape index (κ2) is 10.7. The van der Waals surface area contributed by atoms with Crippen molar-refractivity contribution in [2.45, 2.75) is 44.4 Å². The average molecular weight is 476 g/mol. The molecule has 0 bridgehead atoms. The average Bonchev–Trinajstić information content (AvgIpc) is 2.87. The van der Waals surface area contributed by atoms with Gasteiger partial charge in [0.05, 0.1) is 5.56 Å². The zero-order valence-electron chi connectivity index (χ0n) is 19.7. The number of thioether (sulfide) groups is 1. The van der Waals surface area contributed by atoms with Crippen molar-refractivity contribution in [2.24, 2.45) is 0 Å². The van der Waals surface area contributed by atoms with Crippen molar-refractivity contribution >= 4 is 23.6 Å². The number of benzene rings is 2. The van der Waals surface area contributed by atoms with Gasteiger partial charge in [0, 0.05) is 36.4 Å². The number of ether oxygens (including phenoxy) is 1. The van der Waals surface area contributed by atoms with Crippen LogP contribution in [0, 0.1) is 6.92 Å². The first-order valence-electron chi connectivity index (χ1n) is 11.4. The highest BCUT2D eigenvalue weighted by Crippen LogP contribution is 2.25. The van der Waals surface area contributed by atoms with Gasteiger partial charge in [-0.05, 0) is 67.5 Å². The molecule has 2 amide bonds. The number of aromatic nitrogens is 1. The van der Waals surface area contributed by atoms with E-state index in [1.807, 2.05) is 78.9 Å². The summed E-state index contributed by atoms with van der Waals surface area (Å²) in [6.07, 6.45) is 3.96. The molecule has 7 heteroatoms. The molecule has 1 aliphatic heterocycles. The first-order chi connectivity index (χ1) is 16.5. The molecule has 0 spiro atoms. The maximum absolute atomic E-state index is 13.0. The minimum atomic E-state index is -0.572. The minimum Gasteiger partial charge on any atom is -0.481 e. The van der Waals surface area contributed by atoms with Crippen LogP contribution < -0.4 is 10.1 Å². The summed E-state index contributed by atoms with van der Waals surface area (Å²) in [5.74, 6) is 0.541. The zero-order valence-corrected chi connectivity index (χ0v) is 20.5. The van der Waals surface area contributed by atoms with E-state index in [0.29, 0.717) is 30.9 Å². The van der Waals surface area contributed by atoms with Gasteiger partial charge in [0.1, 0.15) is 5.75 Å². The number of aryl methyl sites for hydroxylation is 1. The molecule has 0 saturated carbocycles. The molecular formula is C27H29N3O3S. The maximum Gasteiger partial charge on any atom is 0.263 e. The van der Waals surface area contributed by atoms with Gasteiger partial charge in [-0.1, -0.05) is 30.3 Å². The van der Waals surface area contributed by atoms with Crippen LogP contribution >= 0.6 is 11.8 Å². The summed E-state index contributed by atoms with van der Waals surface area (Å²) in [5, 5.41) is 3.07. The SMILES string of the molecule is CSc1ccccc1C(=O)NCc1c(C)ncc2c1CCN(C(=O)C(C)Oc1ccccc1)C2. The molecule has 2 aromatic carbocycles. The minimum absolute atomic E-state index is 0.0430. The fraction of sp³-hybridized carbons (Fsp3) is 0.296. The van der Waals surface area contributed by atoms with Gasteiger partial charge in [-0.3, -0.25) is 14.6 Å². The van der Waals surface area contributed by atoms with Crippen molar-refractivity contribution in [1.29, 1.82) is 0 Å². The fourth-order valence-corrected chi connectivity index (χ4v) is 4.85. The molecule has 1 unspecified atom stereocenters. The summed E-state index contributed by atoms with van der Waals surface area (Å²) < 4.78 is 5.83. The lowest BCUT2D eigenvalue weighted by molar-refractivity contribution is -0.138. The van der Waals surface area contributed by atoms with Crippen LogP contribution in [-0.2, 0) is 24.3 Å². The monoisotopic (exact) mass is 475 g/mol. The van der Waals surface area contributed by atoms with E-state index in [9.17, 15) is 9.59 Å². The van der Waals surface area contributed by atoms with Gasteiger partial charge in [-0.25, -0.2) is 0 Å². The second-order valence-corrected chi connectivity index (χ2v) is 9.14. The lowest BCUT2D eigenvalue weighted by Gasteiger charge is -2.32. The molecular weight excluding hydrogens is 446 g/mol. The molecule has 1 aliphatic rings. The Hall–Kier alpha value is -3.32. The van der Waals surface area contributed by atoms with Crippen LogP contribution in [0.3, 0.4) is 0 Å². The molecule has 0 fully saturated rings. The Labute approximate surface area is 204 Å². The number of carbonyl (C=O) groups is 2. The predicted octanol–water partition coefficient (Wildman–Crippen LogP) is 4.39. The van der Waals surface area contributed by atoms with E-state index in [1.165, 1.54) is 5.56 Å². The molecule has 1 atom stereocenters. The van der Waals surface area contributed by atoms with E-state index < -0.39 is 6.10 Å². The van der Waals surface area contributed by atoms with E-state index in [4.69, 9.17) is 4.74 Å². The highest BCUT2D eigenvalue weighted by atomic mass is 32.2. The third-order valence-corrected chi connectivity index (χ3v) is 6.88.